The van der Waals surface area contributed by atoms with Crippen LogP contribution >= 0.6 is 0 Å². The van der Waals surface area contributed by atoms with Crippen molar-refractivity contribution < 1.29 is 68.0 Å². The summed E-state index contributed by atoms with van der Waals surface area (Å²) >= 11 is 0. The Hall–Kier alpha value is -0.960. The lowest BCUT2D eigenvalue weighted by Gasteiger charge is -2.34. The average molecular weight is 408 g/mol. The number of rotatable bonds is 4. The van der Waals surface area contributed by atoms with Crippen LogP contribution in [0.3, 0.4) is 0 Å². The van der Waals surface area contributed by atoms with Crippen molar-refractivity contribution in [3.8, 4) is 0 Å². The summed E-state index contributed by atoms with van der Waals surface area (Å²) in [6.45, 7) is 0.188. The van der Waals surface area contributed by atoms with Gasteiger partial charge in [0.2, 0.25) is 0 Å². The summed E-state index contributed by atoms with van der Waals surface area (Å²) in [5, 5.41) is 25.9. The van der Waals surface area contributed by atoms with Gasteiger partial charge in [0.25, 0.3) is 5.60 Å². The summed E-state index contributed by atoms with van der Waals surface area (Å²) in [6, 6.07) is 0. The molecular formula is C10H12F12O3. The molecule has 0 bridgehead atoms. The van der Waals surface area contributed by atoms with E-state index in [0.29, 0.717) is 0 Å². The van der Waals surface area contributed by atoms with Gasteiger partial charge in [-0.15, -0.1) is 0 Å². The first-order chi connectivity index (χ1) is 10.5. The first-order valence-electron chi connectivity index (χ1n) is 5.87. The molecule has 154 valence electrons. The second kappa shape index (κ2) is 8.16. The summed E-state index contributed by atoms with van der Waals surface area (Å²) in [4.78, 5) is 0. The van der Waals surface area contributed by atoms with E-state index in [-0.39, 0.29) is 6.92 Å². The number of hydrogen-bond acceptors (Lipinski definition) is 3. The molecule has 0 aromatic carbocycles. The van der Waals surface area contributed by atoms with Crippen LogP contribution in [0.5, 0.6) is 0 Å². The Bertz CT molecular complexity index is 374. The maximum absolute atomic E-state index is 12.2. The molecule has 3 N–H and O–H groups in total. The third-order valence-corrected chi connectivity index (χ3v) is 2.34. The molecule has 0 saturated carbocycles. The van der Waals surface area contributed by atoms with Crippen LogP contribution in [0.4, 0.5) is 52.7 Å². The zero-order chi connectivity index (χ0) is 21.1. The van der Waals surface area contributed by atoms with Crippen LogP contribution in [0.1, 0.15) is 19.8 Å². The van der Waals surface area contributed by atoms with E-state index in [4.69, 9.17) is 15.3 Å². The van der Waals surface area contributed by atoms with E-state index in [1.165, 1.54) is 0 Å². The summed E-state index contributed by atoms with van der Waals surface area (Å²) in [5.74, 6) is 0. The fourth-order valence-electron chi connectivity index (χ4n) is 1.21. The second-order valence-corrected chi connectivity index (χ2v) is 4.79. The maximum Gasteiger partial charge on any atom is 0.426 e. The third-order valence-electron chi connectivity index (χ3n) is 2.34. The zero-order valence-electron chi connectivity index (χ0n) is 11.9. The first-order valence-corrected chi connectivity index (χ1v) is 5.87. The summed E-state index contributed by atoms with van der Waals surface area (Å²) in [6.07, 6.45) is -32.3. The van der Waals surface area contributed by atoms with Crippen molar-refractivity contribution in [1.82, 2.24) is 0 Å². The topological polar surface area (TPSA) is 60.7 Å². The van der Waals surface area contributed by atoms with E-state index in [1.807, 2.05) is 0 Å². The number of aliphatic hydroxyl groups is 3. The summed E-state index contributed by atoms with van der Waals surface area (Å²) < 4.78 is 140. The van der Waals surface area contributed by atoms with E-state index in [2.05, 4.69) is 0 Å². The molecule has 0 aromatic heterocycles. The highest BCUT2D eigenvalue weighted by atomic mass is 19.4. The predicted molar refractivity (Wildman–Crippen MR) is 56.1 cm³/mol. The van der Waals surface area contributed by atoms with Crippen molar-refractivity contribution in [3.05, 3.63) is 0 Å². The monoisotopic (exact) mass is 408 g/mol. The van der Waals surface area contributed by atoms with Crippen LogP contribution < -0.4 is 0 Å². The first kappa shape index (κ1) is 26.3. The third kappa shape index (κ3) is 9.94. The number of halogens is 12. The van der Waals surface area contributed by atoms with Crippen molar-refractivity contribution in [2.45, 2.75) is 62.3 Å². The molecule has 15 heteroatoms. The van der Waals surface area contributed by atoms with E-state index >= 15 is 0 Å². The van der Waals surface area contributed by atoms with Crippen molar-refractivity contribution in [2.24, 2.45) is 0 Å². The molecule has 0 spiro atoms. The van der Waals surface area contributed by atoms with Crippen LogP contribution in [0.15, 0.2) is 0 Å². The number of hydrogen-bond donors (Lipinski definition) is 3. The number of alkyl halides is 12. The fraction of sp³-hybridized carbons (Fsp3) is 1.00. The molecular weight excluding hydrogens is 396 g/mol. The second-order valence-electron chi connectivity index (χ2n) is 4.79. The molecule has 0 aliphatic carbocycles. The Balaban J connectivity index is 0. The number of aliphatic hydroxyl groups excluding tert-OH is 2. The molecule has 0 aliphatic heterocycles. The van der Waals surface area contributed by atoms with E-state index < -0.39 is 55.4 Å². The molecule has 25 heavy (non-hydrogen) atoms. The highest BCUT2D eigenvalue weighted by molar-refractivity contribution is 4.96. The van der Waals surface area contributed by atoms with Gasteiger partial charge in [-0.1, -0.05) is 0 Å². The zero-order valence-corrected chi connectivity index (χ0v) is 11.9. The Morgan fingerprint density at radius 2 is 1.00 bits per heavy atom. The van der Waals surface area contributed by atoms with E-state index in [1.54, 1.807) is 0 Å². The van der Waals surface area contributed by atoms with Crippen LogP contribution in [-0.2, 0) is 0 Å². The van der Waals surface area contributed by atoms with Gasteiger partial charge in [0.05, 0.1) is 6.10 Å². The Kier molecular flexibility index (Phi) is 8.57. The van der Waals surface area contributed by atoms with Crippen LogP contribution in [0, 0.1) is 0 Å². The normalized spacial score (nSPS) is 16.8. The molecule has 0 rings (SSSR count). The van der Waals surface area contributed by atoms with Gasteiger partial charge in [0.15, 0.2) is 6.10 Å². The van der Waals surface area contributed by atoms with E-state index in [0.717, 1.165) is 0 Å². The molecule has 0 radical (unpaired) electrons. The highest BCUT2D eigenvalue weighted by Crippen LogP contribution is 2.46. The van der Waals surface area contributed by atoms with Crippen molar-refractivity contribution in [2.75, 3.05) is 0 Å². The van der Waals surface area contributed by atoms with Gasteiger partial charge < -0.3 is 15.3 Å². The van der Waals surface area contributed by atoms with Gasteiger partial charge in [-0.2, -0.15) is 52.7 Å². The maximum atomic E-state index is 12.2. The van der Waals surface area contributed by atoms with Crippen LogP contribution in [0.25, 0.3) is 0 Å². The van der Waals surface area contributed by atoms with Gasteiger partial charge in [0, 0.05) is 19.8 Å². The Morgan fingerprint density at radius 1 is 0.720 bits per heavy atom. The fourth-order valence-corrected chi connectivity index (χ4v) is 1.21. The molecule has 0 aromatic rings. The lowest BCUT2D eigenvalue weighted by atomic mass is 9.92. The van der Waals surface area contributed by atoms with Gasteiger partial charge in [-0.3, -0.25) is 0 Å². The van der Waals surface area contributed by atoms with Crippen LogP contribution in [-0.4, -0.2) is 57.8 Å². The molecule has 0 aliphatic rings. The molecule has 0 heterocycles. The largest absolute Gasteiger partial charge is 0.426 e. The standard InChI is InChI=1S/C8H9F9O3.C2H3F3/c9-6(10,11)4(19)1-3(18)2-5(20,7(12,13)14)8(15,16)17;1-2(3,4)5/h3-4,18-20H,1-2H2;1H3. The molecule has 0 fully saturated rings. The molecule has 3 nitrogen and oxygen atoms in total. The minimum Gasteiger partial charge on any atom is -0.393 e. The summed E-state index contributed by atoms with van der Waals surface area (Å²) in [5.41, 5.74) is -5.37. The van der Waals surface area contributed by atoms with Crippen molar-refractivity contribution >= 4 is 0 Å². The minimum atomic E-state index is -6.25. The molecule has 2 atom stereocenters. The SMILES string of the molecule is CC(F)(F)F.OC(CC(O)C(F)(F)F)CC(O)(C(F)(F)F)C(F)(F)F. The predicted octanol–water partition coefficient (Wildman–Crippen LogP) is 3.48. The quantitative estimate of drug-likeness (QED) is 0.625. The van der Waals surface area contributed by atoms with Gasteiger partial charge >= 0.3 is 24.7 Å². The van der Waals surface area contributed by atoms with Crippen molar-refractivity contribution in [1.29, 1.82) is 0 Å². The lowest BCUT2D eigenvalue weighted by Crippen LogP contribution is -2.58. The Labute approximate surface area is 131 Å². The minimum absolute atomic E-state index is 0.188. The molecule has 0 saturated heterocycles. The summed E-state index contributed by atoms with van der Waals surface area (Å²) in [7, 11) is 0. The molecule has 0 amide bonds. The smallest absolute Gasteiger partial charge is 0.393 e. The highest BCUT2D eigenvalue weighted by Gasteiger charge is 2.70. The van der Waals surface area contributed by atoms with Gasteiger partial charge in [-0.25, -0.2) is 0 Å². The van der Waals surface area contributed by atoms with Crippen LogP contribution in [0.2, 0.25) is 0 Å². The van der Waals surface area contributed by atoms with Gasteiger partial charge in [-0.05, 0) is 0 Å². The lowest BCUT2D eigenvalue weighted by molar-refractivity contribution is -0.374. The van der Waals surface area contributed by atoms with Gasteiger partial charge in [0.1, 0.15) is 0 Å². The molecule has 2 unspecified atom stereocenters. The average Bonchev–Trinajstić information content (AvgIpc) is 2.21. The van der Waals surface area contributed by atoms with Crippen molar-refractivity contribution in [3.63, 3.8) is 0 Å². The Morgan fingerprint density at radius 3 is 1.20 bits per heavy atom. The van der Waals surface area contributed by atoms with E-state index in [9.17, 15) is 52.7 Å².